The van der Waals surface area contributed by atoms with Gasteiger partial charge in [-0.05, 0) is 107 Å². The van der Waals surface area contributed by atoms with Gasteiger partial charge in [-0.15, -0.1) is 0 Å². The van der Waals surface area contributed by atoms with E-state index in [0.717, 1.165) is 41.1 Å². The molecule has 142 valence electrons. The number of hydrogen-bond donors (Lipinski definition) is 2. The van der Waals surface area contributed by atoms with Crippen LogP contribution >= 0.6 is 12.2 Å². The molecule has 4 saturated carbocycles. The molecule has 1 heterocycles. The molecule has 1 aromatic heterocycles. The smallest absolute Gasteiger partial charge is 0.220 e. The number of carbonyl (C=O) groups is 1. The summed E-state index contributed by atoms with van der Waals surface area (Å²) in [6.07, 6.45) is 9.57. The van der Waals surface area contributed by atoms with E-state index in [1.54, 1.807) is 0 Å². The highest BCUT2D eigenvalue weighted by molar-refractivity contribution is 7.71. The first-order valence-electron chi connectivity index (χ1n) is 10.2. The van der Waals surface area contributed by atoms with Crippen molar-refractivity contribution >= 4 is 18.1 Å². The molecule has 0 spiro atoms. The van der Waals surface area contributed by atoms with Crippen molar-refractivity contribution in [2.24, 2.45) is 23.2 Å². The molecular weight excluding hydrogens is 342 g/mol. The van der Waals surface area contributed by atoms with Crippen LogP contribution in [-0.2, 0) is 11.2 Å². The number of hydrogen-bond acceptors (Lipinski definition) is 3. The summed E-state index contributed by atoms with van der Waals surface area (Å²) in [7, 11) is 0. The Morgan fingerprint density at radius 1 is 1.23 bits per heavy atom. The summed E-state index contributed by atoms with van der Waals surface area (Å²) < 4.78 is 0.517. The molecule has 4 aliphatic carbocycles. The van der Waals surface area contributed by atoms with Crippen LogP contribution in [0.4, 0.5) is 0 Å². The van der Waals surface area contributed by atoms with E-state index >= 15 is 0 Å². The Bertz CT molecular complexity index is 707. The lowest BCUT2D eigenvalue weighted by atomic mass is 9.48. The molecule has 4 aliphatic rings. The van der Waals surface area contributed by atoms with E-state index in [9.17, 15) is 4.79 Å². The first-order valence-corrected chi connectivity index (χ1v) is 10.6. The first kappa shape index (κ1) is 18.1. The Morgan fingerprint density at radius 3 is 2.35 bits per heavy atom. The van der Waals surface area contributed by atoms with E-state index < -0.39 is 0 Å². The topological polar surface area (TPSA) is 57.8 Å². The highest BCUT2D eigenvalue weighted by Crippen LogP contribution is 2.61. The number of aromatic nitrogens is 2. The fourth-order valence-electron chi connectivity index (χ4n) is 6.54. The van der Waals surface area contributed by atoms with Crippen molar-refractivity contribution in [1.29, 1.82) is 0 Å². The van der Waals surface area contributed by atoms with E-state index in [1.807, 2.05) is 13.8 Å². The number of nitrogens with zero attached hydrogens (tertiary/aromatic N) is 1. The highest BCUT2D eigenvalue weighted by Gasteiger charge is 2.53. The summed E-state index contributed by atoms with van der Waals surface area (Å²) in [5.74, 6) is 2.94. The van der Waals surface area contributed by atoms with Crippen molar-refractivity contribution in [3.63, 3.8) is 0 Å². The molecule has 1 aromatic rings. The minimum absolute atomic E-state index is 0.175. The predicted octanol–water partition coefficient (Wildman–Crippen LogP) is 4.41. The van der Waals surface area contributed by atoms with Gasteiger partial charge in [0.05, 0.1) is 0 Å². The van der Waals surface area contributed by atoms with E-state index in [1.165, 1.54) is 38.5 Å². The summed E-state index contributed by atoms with van der Waals surface area (Å²) in [6, 6.07) is 0.297. The van der Waals surface area contributed by atoms with Gasteiger partial charge in [0, 0.05) is 23.9 Å². The molecule has 5 rings (SSSR count). The van der Waals surface area contributed by atoms with Crippen LogP contribution in [0.3, 0.4) is 0 Å². The van der Waals surface area contributed by atoms with E-state index in [2.05, 4.69) is 22.2 Å². The van der Waals surface area contributed by atoms with E-state index in [4.69, 9.17) is 12.2 Å². The van der Waals surface area contributed by atoms with Crippen LogP contribution in [0.5, 0.6) is 0 Å². The second-order valence-corrected chi connectivity index (χ2v) is 9.69. The van der Waals surface area contributed by atoms with Crippen LogP contribution in [0, 0.1) is 41.8 Å². The second kappa shape index (κ2) is 6.74. The lowest BCUT2D eigenvalue weighted by Crippen LogP contribution is -2.55. The number of H-pyrrole nitrogens is 1. The number of nitrogens with one attached hydrogen (secondary N) is 2. The van der Waals surface area contributed by atoms with Gasteiger partial charge in [-0.1, -0.05) is 0 Å². The minimum Gasteiger partial charge on any atom is -0.353 e. The SMILES string of the molecule is Cc1nc(=S)[nH]c(C)c1CCC(=O)N[C@@H](C)C12CC3CC(CC(C3)C1)C2. The molecule has 26 heavy (non-hydrogen) atoms. The maximum Gasteiger partial charge on any atom is 0.220 e. The van der Waals surface area contributed by atoms with Crippen molar-refractivity contribution in [3.8, 4) is 0 Å². The van der Waals surface area contributed by atoms with Gasteiger partial charge < -0.3 is 10.3 Å². The zero-order valence-electron chi connectivity index (χ0n) is 16.2. The highest BCUT2D eigenvalue weighted by atomic mass is 32.1. The molecule has 0 saturated heterocycles. The third-order valence-electron chi connectivity index (χ3n) is 7.44. The lowest BCUT2D eigenvalue weighted by Gasteiger charge is -2.59. The zero-order chi connectivity index (χ0) is 18.5. The molecule has 0 unspecified atom stereocenters. The monoisotopic (exact) mass is 373 g/mol. The molecule has 4 bridgehead atoms. The summed E-state index contributed by atoms with van der Waals surface area (Å²) in [5.41, 5.74) is 3.46. The average Bonchev–Trinajstić information content (AvgIpc) is 2.52. The van der Waals surface area contributed by atoms with Gasteiger partial charge in [-0.25, -0.2) is 4.98 Å². The molecular formula is C21H31N3OS. The zero-order valence-corrected chi connectivity index (χ0v) is 17.0. The Balaban J connectivity index is 1.37. The van der Waals surface area contributed by atoms with Crippen molar-refractivity contribution in [2.75, 3.05) is 0 Å². The molecule has 0 aromatic carbocycles. The van der Waals surface area contributed by atoms with Gasteiger partial charge >= 0.3 is 0 Å². The number of amides is 1. The summed E-state index contributed by atoms with van der Waals surface area (Å²) in [4.78, 5) is 20.1. The molecule has 0 aliphatic heterocycles. The summed E-state index contributed by atoms with van der Waals surface area (Å²) in [6.45, 7) is 6.24. The maximum atomic E-state index is 12.6. The van der Waals surface area contributed by atoms with Gasteiger partial charge in [-0.2, -0.15) is 0 Å². The largest absolute Gasteiger partial charge is 0.353 e. The van der Waals surface area contributed by atoms with Gasteiger partial charge in [0.2, 0.25) is 5.91 Å². The van der Waals surface area contributed by atoms with Gasteiger partial charge in [0.15, 0.2) is 4.77 Å². The predicted molar refractivity (Wildman–Crippen MR) is 105 cm³/mol. The Kier molecular flexibility index (Phi) is 4.70. The average molecular weight is 374 g/mol. The van der Waals surface area contributed by atoms with Crippen LogP contribution in [0.15, 0.2) is 0 Å². The van der Waals surface area contributed by atoms with Crippen LogP contribution < -0.4 is 5.32 Å². The standard InChI is InChI=1S/C21H31N3OS/c1-12-18(13(2)23-20(26)22-12)4-5-19(25)24-14(3)21-9-15-6-16(10-21)8-17(7-15)11-21/h14-17H,4-11H2,1-3H3,(H,24,25)(H,22,23,26)/t14-,15?,16?,17?,21?/m0/s1. The fraction of sp³-hybridized carbons (Fsp3) is 0.762. The fourth-order valence-corrected chi connectivity index (χ4v) is 6.83. The third-order valence-corrected chi connectivity index (χ3v) is 7.63. The van der Waals surface area contributed by atoms with Gasteiger partial charge in [0.1, 0.15) is 0 Å². The first-order chi connectivity index (χ1) is 12.3. The van der Waals surface area contributed by atoms with Crippen molar-refractivity contribution in [1.82, 2.24) is 15.3 Å². The molecule has 1 amide bonds. The van der Waals surface area contributed by atoms with Crippen LogP contribution in [0.25, 0.3) is 0 Å². The van der Waals surface area contributed by atoms with Crippen LogP contribution in [0.2, 0.25) is 0 Å². The van der Waals surface area contributed by atoms with Gasteiger partial charge in [-0.3, -0.25) is 4.79 Å². The number of rotatable bonds is 5. The molecule has 1 atom stereocenters. The summed E-state index contributed by atoms with van der Waals surface area (Å²) in [5, 5.41) is 3.37. The molecule has 4 fully saturated rings. The second-order valence-electron chi connectivity index (χ2n) is 9.30. The lowest BCUT2D eigenvalue weighted by molar-refractivity contribution is -0.125. The summed E-state index contributed by atoms with van der Waals surface area (Å²) >= 11 is 5.12. The molecule has 5 heteroatoms. The third kappa shape index (κ3) is 3.35. The van der Waals surface area contributed by atoms with Crippen molar-refractivity contribution in [2.45, 2.75) is 78.2 Å². The Labute approximate surface area is 161 Å². The molecule has 0 radical (unpaired) electrons. The number of aromatic amines is 1. The molecule has 4 nitrogen and oxygen atoms in total. The van der Waals surface area contributed by atoms with E-state index in [0.29, 0.717) is 22.6 Å². The van der Waals surface area contributed by atoms with Crippen LogP contribution in [-0.4, -0.2) is 21.9 Å². The van der Waals surface area contributed by atoms with Gasteiger partial charge in [0.25, 0.3) is 0 Å². The van der Waals surface area contributed by atoms with E-state index in [-0.39, 0.29) is 5.91 Å². The Hall–Kier alpha value is -1.23. The molecule has 2 N–H and O–H groups in total. The quantitative estimate of drug-likeness (QED) is 0.752. The normalized spacial score (nSPS) is 33.3. The van der Waals surface area contributed by atoms with Crippen LogP contribution in [0.1, 0.15) is 68.8 Å². The Morgan fingerprint density at radius 2 is 1.81 bits per heavy atom. The number of aryl methyl sites for hydroxylation is 2. The minimum atomic E-state index is 0.175. The van der Waals surface area contributed by atoms with Crippen molar-refractivity contribution in [3.05, 3.63) is 21.7 Å². The maximum absolute atomic E-state index is 12.6. The van der Waals surface area contributed by atoms with Crippen molar-refractivity contribution < 1.29 is 4.79 Å². The number of carbonyl (C=O) groups excluding carboxylic acids is 1.